The van der Waals surface area contributed by atoms with Gasteiger partial charge in [-0.3, -0.25) is 4.79 Å². The van der Waals surface area contributed by atoms with Gasteiger partial charge in [0.2, 0.25) is 15.9 Å². The van der Waals surface area contributed by atoms with Crippen molar-refractivity contribution in [3.8, 4) is 0 Å². The molecule has 4 heterocycles. The second-order valence-electron chi connectivity index (χ2n) is 9.21. The highest BCUT2D eigenvalue weighted by atomic mass is 32.2. The van der Waals surface area contributed by atoms with Crippen molar-refractivity contribution in [3.05, 3.63) is 30.3 Å². The molecular weight excluding hydrogens is 440 g/mol. The molecule has 0 radical (unpaired) electrons. The van der Waals surface area contributed by atoms with Crippen LogP contribution in [0.5, 0.6) is 0 Å². The number of anilines is 1. The van der Waals surface area contributed by atoms with E-state index in [4.69, 9.17) is 9.72 Å². The number of sulfonamides is 1. The van der Waals surface area contributed by atoms with Gasteiger partial charge in [-0.15, -0.1) is 0 Å². The zero-order valence-corrected chi connectivity index (χ0v) is 19.8. The van der Waals surface area contributed by atoms with Crippen molar-refractivity contribution in [1.82, 2.24) is 14.2 Å². The van der Waals surface area contributed by atoms with Crippen LogP contribution in [-0.4, -0.2) is 81.0 Å². The molecule has 0 spiro atoms. The van der Waals surface area contributed by atoms with Gasteiger partial charge in [0.1, 0.15) is 5.82 Å². The molecule has 0 saturated carbocycles. The molecule has 33 heavy (non-hydrogen) atoms. The number of pyridine rings is 1. The summed E-state index contributed by atoms with van der Waals surface area (Å²) in [7, 11) is -3.47. The standard InChI is InChI=1S/C24H32N4O4S/c29-24(26-13-15-32-16-14-26)20-5-4-10-27(18-20)23-9-6-19-17-21(7-8-22(19)25-23)33(30,31)28-11-2-1-3-12-28/h6-9,17,20H,1-5,10-16,18H2. The largest absolute Gasteiger partial charge is 0.378 e. The number of aromatic nitrogens is 1. The van der Waals surface area contributed by atoms with Gasteiger partial charge in [0, 0.05) is 44.7 Å². The van der Waals surface area contributed by atoms with Crippen molar-refractivity contribution in [2.45, 2.75) is 37.0 Å². The van der Waals surface area contributed by atoms with Crippen molar-refractivity contribution >= 4 is 32.7 Å². The molecule has 0 bridgehead atoms. The minimum atomic E-state index is -3.47. The molecule has 1 atom stereocenters. The van der Waals surface area contributed by atoms with Gasteiger partial charge in [0.15, 0.2) is 0 Å². The van der Waals surface area contributed by atoms with Crippen LogP contribution in [0.1, 0.15) is 32.1 Å². The van der Waals surface area contributed by atoms with Crippen LogP contribution < -0.4 is 4.90 Å². The Morgan fingerprint density at radius 2 is 1.73 bits per heavy atom. The number of carbonyl (C=O) groups excluding carboxylic acids is 1. The van der Waals surface area contributed by atoms with Crippen LogP contribution in [0.4, 0.5) is 5.82 Å². The van der Waals surface area contributed by atoms with E-state index in [-0.39, 0.29) is 11.8 Å². The fourth-order valence-electron chi connectivity index (χ4n) is 5.11. The van der Waals surface area contributed by atoms with Crippen LogP contribution in [0.25, 0.3) is 10.9 Å². The summed E-state index contributed by atoms with van der Waals surface area (Å²) in [5.74, 6) is 1.04. The zero-order valence-electron chi connectivity index (χ0n) is 19.0. The number of morpholine rings is 1. The van der Waals surface area contributed by atoms with E-state index in [1.54, 1.807) is 22.5 Å². The van der Waals surface area contributed by atoms with E-state index >= 15 is 0 Å². The number of nitrogens with zero attached hydrogens (tertiary/aromatic N) is 4. The summed E-state index contributed by atoms with van der Waals surface area (Å²) in [5, 5.41) is 0.815. The van der Waals surface area contributed by atoms with E-state index < -0.39 is 10.0 Å². The Morgan fingerprint density at radius 1 is 0.939 bits per heavy atom. The van der Waals surface area contributed by atoms with Crippen LogP contribution in [0, 0.1) is 5.92 Å². The van der Waals surface area contributed by atoms with E-state index in [0.717, 1.165) is 55.4 Å². The van der Waals surface area contributed by atoms with Crippen LogP contribution >= 0.6 is 0 Å². The van der Waals surface area contributed by atoms with E-state index in [2.05, 4.69) is 4.90 Å². The molecular formula is C24H32N4O4S. The third kappa shape index (κ3) is 4.72. The summed E-state index contributed by atoms with van der Waals surface area (Å²) in [6.45, 7) is 5.29. The molecule has 2 aromatic rings. The average Bonchev–Trinajstić information content (AvgIpc) is 2.88. The van der Waals surface area contributed by atoms with Crippen LogP contribution in [0.15, 0.2) is 35.2 Å². The fourth-order valence-corrected chi connectivity index (χ4v) is 6.67. The lowest BCUT2D eigenvalue weighted by Crippen LogP contribution is -2.48. The molecule has 1 aromatic heterocycles. The quantitative estimate of drug-likeness (QED) is 0.680. The Hall–Kier alpha value is -2.23. The second-order valence-corrected chi connectivity index (χ2v) is 11.1. The molecule has 0 N–H and O–H groups in total. The first-order valence-corrected chi connectivity index (χ1v) is 13.5. The maximum atomic E-state index is 13.0. The number of carbonyl (C=O) groups is 1. The third-order valence-corrected chi connectivity index (χ3v) is 8.91. The highest BCUT2D eigenvalue weighted by Gasteiger charge is 2.31. The van der Waals surface area contributed by atoms with Gasteiger partial charge in [-0.2, -0.15) is 4.31 Å². The summed E-state index contributed by atoms with van der Waals surface area (Å²) in [5.41, 5.74) is 0.770. The smallest absolute Gasteiger partial charge is 0.243 e. The Bertz CT molecular complexity index is 1110. The summed E-state index contributed by atoms with van der Waals surface area (Å²) in [6.07, 6.45) is 4.78. The monoisotopic (exact) mass is 472 g/mol. The zero-order chi connectivity index (χ0) is 22.8. The van der Waals surface area contributed by atoms with Gasteiger partial charge < -0.3 is 14.5 Å². The number of hydrogen-bond acceptors (Lipinski definition) is 6. The number of amides is 1. The minimum absolute atomic E-state index is 0.0218. The van der Waals surface area contributed by atoms with Gasteiger partial charge in [-0.1, -0.05) is 6.42 Å². The van der Waals surface area contributed by atoms with E-state index in [0.29, 0.717) is 50.8 Å². The molecule has 3 aliphatic rings. The Morgan fingerprint density at radius 3 is 2.52 bits per heavy atom. The lowest BCUT2D eigenvalue weighted by Gasteiger charge is -2.36. The van der Waals surface area contributed by atoms with Gasteiger partial charge in [0.05, 0.1) is 29.5 Å². The Labute approximate surface area is 195 Å². The first-order valence-electron chi connectivity index (χ1n) is 12.0. The SMILES string of the molecule is O=C(C1CCCN(c2ccc3cc(S(=O)(=O)N4CCCCC4)ccc3n2)C1)N1CCOCC1. The molecule has 3 fully saturated rings. The van der Waals surface area contributed by atoms with Crippen molar-refractivity contribution < 1.29 is 17.9 Å². The van der Waals surface area contributed by atoms with Crippen LogP contribution in [0.3, 0.4) is 0 Å². The average molecular weight is 473 g/mol. The number of piperidine rings is 2. The third-order valence-electron chi connectivity index (χ3n) is 7.02. The maximum absolute atomic E-state index is 13.0. The predicted octanol–water partition coefficient (Wildman–Crippen LogP) is 2.48. The van der Waals surface area contributed by atoms with Crippen LogP contribution in [0.2, 0.25) is 0 Å². The normalized spacial score (nSPS) is 23.1. The number of rotatable bonds is 4. The van der Waals surface area contributed by atoms with Crippen molar-refractivity contribution in [2.24, 2.45) is 5.92 Å². The van der Waals surface area contributed by atoms with E-state index in [1.807, 2.05) is 17.0 Å². The lowest BCUT2D eigenvalue weighted by atomic mass is 9.96. The molecule has 9 heteroatoms. The molecule has 3 saturated heterocycles. The molecule has 3 aliphatic heterocycles. The second kappa shape index (κ2) is 9.56. The number of benzene rings is 1. The van der Waals surface area contributed by atoms with Gasteiger partial charge in [0.25, 0.3) is 0 Å². The summed E-state index contributed by atoms with van der Waals surface area (Å²) < 4.78 is 33.0. The van der Waals surface area contributed by atoms with Gasteiger partial charge in [-0.05, 0) is 56.0 Å². The van der Waals surface area contributed by atoms with Crippen molar-refractivity contribution in [3.63, 3.8) is 0 Å². The van der Waals surface area contributed by atoms with Crippen LogP contribution in [-0.2, 0) is 19.6 Å². The number of hydrogen-bond donors (Lipinski definition) is 0. The molecule has 0 aliphatic carbocycles. The molecule has 1 amide bonds. The van der Waals surface area contributed by atoms with E-state index in [1.165, 1.54) is 0 Å². The van der Waals surface area contributed by atoms with Crippen molar-refractivity contribution in [2.75, 3.05) is 57.4 Å². The fraction of sp³-hybridized carbons (Fsp3) is 0.583. The maximum Gasteiger partial charge on any atom is 0.243 e. The summed E-state index contributed by atoms with van der Waals surface area (Å²) >= 11 is 0. The Kier molecular flexibility index (Phi) is 6.53. The lowest BCUT2D eigenvalue weighted by molar-refractivity contribution is -0.139. The first-order chi connectivity index (χ1) is 16.0. The molecule has 178 valence electrons. The molecule has 5 rings (SSSR count). The van der Waals surface area contributed by atoms with Gasteiger partial charge in [-0.25, -0.2) is 13.4 Å². The van der Waals surface area contributed by atoms with Crippen molar-refractivity contribution in [1.29, 1.82) is 0 Å². The molecule has 1 aromatic carbocycles. The number of ether oxygens (including phenoxy) is 1. The highest BCUT2D eigenvalue weighted by molar-refractivity contribution is 7.89. The van der Waals surface area contributed by atoms with Gasteiger partial charge >= 0.3 is 0 Å². The Balaban J connectivity index is 1.33. The first kappa shape index (κ1) is 22.6. The topological polar surface area (TPSA) is 83.1 Å². The number of fused-ring (bicyclic) bond motifs is 1. The van der Waals surface area contributed by atoms with E-state index in [9.17, 15) is 13.2 Å². The summed E-state index contributed by atoms with van der Waals surface area (Å²) in [4.78, 5) is 22.2. The molecule has 8 nitrogen and oxygen atoms in total. The highest BCUT2D eigenvalue weighted by Crippen LogP contribution is 2.28. The minimum Gasteiger partial charge on any atom is -0.378 e. The molecule has 1 unspecified atom stereocenters. The predicted molar refractivity (Wildman–Crippen MR) is 127 cm³/mol. The summed E-state index contributed by atoms with van der Waals surface area (Å²) in [6, 6.07) is 9.10.